The largest absolute Gasteiger partial charge is 0.545 e. The van der Waals surface area contributed by atoms with Gasteiger partial charge < -0.3 is 19.2 Å². The molecule has 0 unspecified atom stereocenters. The number of carboxylic acids is 1. The maximum Gasteiger partial charge on any atom is 0.416 e. The number of ether oxygens (including phenoxy) is 1. The average molecular weight is 449 g/mol. The standard InChI is InChI=1S/C25H17F3N2O3/c26-25(27,28)17-6-7-21-22(12-17)30(14-29-21)10-9-19-18-4-2-1-3-16(18)13-33-23-8-5-15(24(31)32)11-20(19)23/h1-9,11-12,14H,10,13H2,(H,31,32)/p-1/b19-9+. The Morgan fingerprint density at radius 1 is 1.09 bits per heavy atom. The maximum absolute atomic E-state index is 13.2. The Morgan fingerprint density at radius 2 is 1.91 bits per heavy atom. The first kappa shape index (κ1) is 20.8. The summed E-state index contributed by atoms with van der Waals surface area (Å²) in [4.78, 5) is 15.7. The molecular weight excluding hydrogens is 433 g/mol. The minimum absolute atomic E-state index is 0.00512. The van der Waals surface area contributed by atoms with Crippen LogP contribution in [0.25, 0.3) is 16.6 Å². The van der Waals surface area contributed by atoms with Gasteiger partial charge in [0, 0.05) is 12.1 Å². The zero-order chi connectivity index (χ0) is 23.2. The number of aromatic nitrogens is 2. The van der Waals surface area contributed by atoms with Crippen LogP contribution in [0, 0.1) is 0 Å². The second-order valence-corrected chi connectivity index (χ2v) is 7.66. The fourth-order valence-corrected chi connectivity index (χ4v) is 3.99. The highest BCUT2D eigenvalue weighted by molar-refractivity contribution is 5.91. The summed E-state index contributed by atoms with van der Waals surface area (Å²) in [6, 6.07) is 15.5. The van der Waals surface area contributed by atoms with E-state index < -0.39 is 17.7 Å². The molecule has 4 aromatic rings. The number of alkyl halides is 3. The lowest BCUT2D eigenvalue weighted by atomic mass is 9.93. The fourth-order valence-electron chi connectivity index (χ4n) is 3.99. The van der Waals surface area contributed by atoms with Crippen LogP contribution in [0.15, 0.2) is 73.1 Å². The molecule has 0 fully saturated rings. The molecule has 0 atom stereocenters. The van der Waals surface area contributed by atoms with Gasteiger partial charge in [0.1, 0.15) is 12.4 Å². The van der Waals surface area contributed by atoms with E-state index in [0.717, 1.165) is 28.8 Å². The minimum Gasteiger partial charge on any atom is -0.545 e. The van der Waals surface area contributed by atoms with Crippen molar-refractivity contribution in [1.29, 1.82) is 0 Å². The fraction of sp³-hybridized carbons (Fsp3) is 0.120. The van der Waals surface area contributed by atoms with E-state index in [-0.39, 0.29) is 12.1 Å². The number of carbonyl (C=O) groups excluding carboxylic acids is 1. The normalized spacial score (nSPS) is 14.5. The van der Waals surface area contributed by atoms with Crippen molar-refractivity contribution in [1.82, 2.24) is 9.55 Å². The molecule has 1 aliphatic rings. The van der Waals surface area contributed by atoms with Crippen LogP contribution in [0.3, 0.4) is 0 Å². The van der Waals surface area contributed by atoms with E-state index in [1.165, 1.54) is 24.5 Å². The molecule has 2 heterocycles. The summed E-state index contributed by atoms with van der Waals surface area (Å²) in [5.41, 5.74) is 3.11. The molecule has 0 saturated carbocycles. The van der Waals surface area contributed by atoms with E-state index in [1.807, 2.05) is 30.3 Å². The van der Waals surface area contributed by atoms with Crippen molar-refractivity contribution >= 4 is 22.6 Å². The summed E-state index contributed by atoms with van der Waals surface area (Å²) in [6.45, 7) is 0.518. The van der Waals surface area contributed by atoms with Crippen molar-refractivity contribution in [2.75, 3.05) is 0 Å². The zero-order valence-corrected chi connectivity index (χ0v) is 17.1. The van der Waals surface area contributed by atoms with Crippen LogP contribution in [-0.2, 0) is 19.3 Å². The first-order chi connectivity index (χ1) is 15.8. The molecule has 0 N–H and O–H groups in total. The summed E-state index contributed by atoms with van der Waals surface area (Å²) in [5.74, 6) is -0.799. The summed E-state index contributed by atoms with van der Waals surface area (Å²) >= 11 is 0. The van der Waals surface area contributed by atoms with E-state index in [0.29, 0.717) is 29.0 Å². The SMILES string of the molecule is O=C([O-])c1ccc2c(c1)/C(=C/Cn1cnc3ccc(C(F)(F)F)cc31)c1ccccc1CO2. The van der Waals surface area contributed by atoms with Crippen LogP contribution >= 0.6 is 0 Å². The number of imidazole rings is 1. The maximum atomic E-state index is 13.2. The summed E-state index contributed by atoms with van der Waals surface area (Å²) in [6.07, 6.45) is -1.13. The molecule has 5 nitrogen and oxygen atoms in total. The Kier molecular flexibility index (Phi) is 4.92. The molecule has 1 aliphatic heterocycles. The van der Waals surface area contributed by atoms with Gasteiger partial charge in [-0.2, -0.15) is 13.2 Å². The van der Waals surface area contributed by atoms with Gasteiger partial charge in [-0.05, 0) is 58.7 Å². The van der Waals surface area contributed by atoms with Gasteiger partial charge in [-0.3, -0.25) is 0 Å². The van der Waals surface area contributed by atoms with Gasteiger partial charge in [0.2, 0.25) is 0 Å². The van der Waals surface area contributed by atoms with Gasteiger partial charge in [-0.1, -0.05) is 30.3 Å². The third-order valence-corrected chi connectivity index (χ3v) is 5.64. The van der Waals surface area contributed by atoms with Crippen LogP contribution in [-0.4, -0.2) is 15.5 Å². The zero-order valence-electron chi connectivity index (χ0n) is 17.1. The summed E-state index contributed by atoms with van der Waals surface area (Å²) < 4.78 is 47.1. The number of carboxylic acid groups (broad SMARTS) is 1. The molecule has 0 radical (unpaired) electrons. The third-order valence-electron chi connectivity index (χ3n) is 5.64. The van der Waals surface area contributed by atoms with Gasteiger partial charge in [0.05, 0.1) is 28.9 Å². The number of hydrogen-bond acceptors (Lipinski definition) is 4. The molecule has 8 heteroatoms. The molecule has 3 aromatic carbocycles. The number of rotatable bonds is 3. The minimum atomic E-state index is -4.46. The van der Waals surface area contributed by atoms with Crippen LogP contribution in [0.4, 0.5) is 13.2 Å². The first-order valence-corrected chi connectivity index (χ1v) is 10.1. The second-order valence-electron chi connectivity index (χ2n) is 7.66. The quantitative estimate of drug-likeness (QED) is 0.464. The molecule has 0 spiro atoms. The monoisotopic (exact) mass is 449 g/mol. The first-order valence-electron chi connectivity index (χ1n) is 10.1. The predicted molar refractivity (Wildman–Crippen MR) is 113 cm³/mol. The Hall–Kier alpha value is -4.07. The summed E-state index contributed by atoms with van der Waals surface area (Å²) in [7, 11) is 0. The van der Waals surface area contributed by atoms with E-state index in [1.54, 1.807) is 10.6 Å². The molecule has 33 heavy (non-hydrogen) atoms. The molecule has 0 amide bonds. The molecule has 1 aromatic heterocycles. The second kappa shape index (κ2) is 7.81. The molecular formula is C25H16F3N2O3-. The lowest BCUT2D eigenvalue weighted by molar-refractivity contribution is -0.255. The Bertz CT molecular complexity index is 1420. The number of benzene rings is 3. The van der Waals surface area contributed by atoms with Crippen molar-refractivity contribution in [3.63, 3.8) is 0 Å². The van der Waals surface area contributed by atoms with Crippen LogP contribution in [0.5, 0.6) is 5.75 Å². The number of fused-ring (bicyclic) bond motifs is 3. The van der Waals surface area contributed by atoms with Gasteiger partial charge in [0.25, 0.3) is 0 Å². The topological polar surface area (TPSA) is 67.2 Å². The van der Waals surface area contributed by atoms with Gasteiger partial charge in [-0.15, -0.1) is 0 Å². The number of halogens is 3. The highest BCUT2D eigenvalue weighted by Gasteiger charge is 2.31. The number of aromatic carboxylic acids is 1. The smallest absolute Gasteiger partial charge is 0.416 e. The van der Waals surface area contributed by atoms with Crippen molar-refractivity contribution in [3.05, 3.63) is 101 Å². The average Bonchev–Trinajstić information content (AvgIpc) is 3.13. The Labute approximate surface area is 186 Å². The lowest BCUT2D eigenvalue weighted by Gasteiger charge is -2.13. The van der Waals surface area contributed by atoms with E-state index in [2.05, 4.69) is 4.98 Å². The molecule has 0 bridgehead atoms. The third kappa shape index (κ3) is 3.84. The van der Waals surface area contributed by atoms with Gasteiger partial charge >= 0.3 is 6.18 Å². The number of hydrogen-bond donors (Lipinski definition) is 0. The Morgan fingerprint density at radius 3 is 2.70 bits per heavy atom. The van der Waals surface area contributed by atoms with Crippen LogP contribution < -0.4 is 9.84 Å². The van der Waals surface area contributed by atoms with Crippen molar-refractivity contribution in [2.45, 2.75) is 19.3 Å². The molecule has 0 saturated heterocycles. The molecule has 5 rings (SSSR count). The molecule has 0 aliphatic carbocycles. The lowest BCUT2D eigenvalue weighted by Crippen LogP contribution is -2.22. The van der Waals surface area contributed by atoms with Crippen molar-refractivity contribution in [2.24, 2.45) is 0 Å². The van der Waals surface area contributed by atoms with Crippen molar-refractivity contribution in [3.8, 4) is 5.75 Å². The van der Waals surface area contributed by atoms with E-state index in [9.17, 15) is 23.1 Å². The summed E-state index contributed by atoms with van der Waals surface area (Å²) in [5, 5.41) is 11.5. The highest BCUT2D eigenvalue weighted by atomic mass is 19.4. The van der Waals surface area contributed by atoms with E-state index >= 15 is 0 Å². The predicted octanol–water partition coefficient (Wildman–Crippen LogP) is 4.44. The Balaban J connectivity index is 1.64. The number of nitrogens with zero attached hydrogens (tertiary/aromatic N) is 2. The van der Waals surface area contributed by atoms with Crippen LogP contribution in [0.1, 0.15) is 32.6 Å². The highest BCUT2D eigenvalue weighted by Crippen LogP contribution is 2.37. The van der Waals surface area contributed by atoms with Gasteiger partial charge in [-0.25, -0.2) is 4.98 Å². The number of allylic oxidation sites excluding steroid dienone is 1. The van der Waals surface area contributed by atoms with E-state index in [4.69, 9.17) is 4.74 Å². The van der Waals surface area contributed by atoms with Gasteiger partial charge in [0.15, 0.2) is 0 Å². The van der Waals surface area contributed by atoms with Crippen LogP contribution in [0.2, 0.25) is 0 Å². The molecule has 166 valence electrons. The van der Waals surface area contributed by atoms with Crippen molar-refractivity contribution < 1.29 is 27.8 Å². The number of carbonyl (C=O) groups is 1.